The van der Waals surface area contributed by atoms with Crippen molar-refractivity contribution < 1.29 is 4.92 Å². The van der Waals surface area contributed by atoms with Gasteiger partial charge in [-0.25, -0.2) is 0 Å². The Hall–Kier alpha value is -2.44. The lowest BCUT2D eigenvalue weighted by atomic mass is 10.2. The van der Waals surface area contributed by atoms with Gasteiger partial charge < -0.3 is 15.4 Å². The standard InChI is InChI=1S/C10H11N5O2/c1-7-8(5-13-14-7)4-11-9-2-3-10(12-6-9)15(16)17/h2-3,5-6,11H,4H2,1H3,(H,13,14). The maximum Gasteiger partial charge on any atom is 0.363 e. The van der Waals surface area contributed by atoms with Gasteiger partial charge in [0, 0.05) is 23.9 Å². The highest BCUT2D eigenvalue weighted by Gasteiger charge is 2.06. The molecule has 0 bridgehead atoms. The molecule has 0 fully saturated rings. The molecule has 0 unspecified atom stereocenters. The van der Waals surface area contributed by atoms with Crippen LogP contribution in [0.5, 0.6) is 0 Å². The second-order valence-electron chi connectivity index (χ2n) is 3.54. The van der Waals surface area contributed by atoms with Crippen LogP contribution in [0.2, 0.25) is 0 Å². The van der Waals surface area contributed by atoms with Crippen LogP contribution < -0.4 is 5.32 Å². The highest BCUT2D eigenvalue weighted by Crippen LogP contribution is 2.13. The summed E-state index contributed by atoms with van der Waals surface area (Å²) in [5.74, 6) is -0.157. The minimum atomic E-state index is -0.524. The van der Waals surface area contributed by atoms with E-state index in [1.54, 1.807) is 12.3 Å². The van der Waals surface area contributed by atoms with Crippen LogP contribution in [0.1, 0.15) is 11.3 Å². The van der Waals surface area contributed by atoms with E-state index in [9.17, 15) is 10.1 Å². The Kier molecular flexibility index (Phi) is 2.99. The molecule has 0 aliphatic heterocycles. The molecule has 0 aromatic carbocycles. The Morgan fingerprint density at radius 3 is 2.82 bits per heavy atom. The minimum Gasteiger partial charge on any atom is -0.378 e. The van der Waals surface area contributed by atoms with Crippen molar-refractivity contribution in [2.75, 3.05) is 5.32 Å². The maximum atomic E-state index is 10.4. The largest absolute Gasteiger partial charge is 0.378 e. The summed E-state index contributed by atoms with van der Waals surface area (Å²) in [4.78, 5) is 13.6. The van der Waals surface area contributed by atoms with Crippen molar-refractivity contribution in [2.24, 2.45) is 0 Å². The molecule has 0 radical (unpaired) electrons. The molecule has 88 valence electrons. The van der Waals surface area contributed by atoms with Gasteiger partial charge in [0.2, 0.25) is 0 Å². The van der Waals surface area contributed by atoms with Crippen LogP contribution in [-0.4, -0.2) is 20.1 Å². The predicted molar refractivity (Wildman–Crippen MR) is 61.5 cm³/mol. The zero-order valence-corrected chi connectivity index (χ0v) is 9.17. The number of H-pyrrole nitrogens is 1. The number of aromatic nitrogens is 3. The second-order valence-corrected chi connectivity index (χ2v) is 3.54. The van der Waals surface area contributed by atoms with E-state index in [1.807, 2.05) is 6.92 Å². The molecule has 2 heterocycles. The number of nitrogens with zero attached hydrogens (tertiary/aromatic N) is 3. The van der Waals surface area contributed by atoms with Crippen LogP contribution in [0.3, 0.4) is 0 Å². The molecule has 2 aromatic rings. The average molecular weight is 233 g/mol. The molecule has 0 atom stereocenters. The van der Waals surface area contributed by atoms with Gasteiger partial charge in [-0.1, -0.05) is 0 Å². The van der Waals surface area contributed by atoms with Crippen LogP contribution in [-0.2, 0) is 6.54 Å². The summed E-state index contributed by atoms with van der Waals surface area (Å²) in [6, 6.07) is 2.99. The van der Waals surface area contributed by atoms with Crippen molar-refractivity contribution in [1.82, 2.24) is 15.2 Å². The van der Waals surface area contributed by atoms with Gasteiger partial charge in [-0.15, -0.1) is 0 Å². The van der Waals surface area contributed by atoms with E-state index in [0.717, 1.165) is 16.9 Å². The SMILES string of the molecule is Cc1[nH]ncc1CNc1ccc([N+](=O)[O-])nc1. The first-order chi connectivity index (χ1) is 8.16. The van der Waals surface area contributed by atoms with Gasteiger partial charge in [0.05, 0.1) is 11.9 Å². The van der Waals surface area contributed by atoms with Gasteiger partial charge in [0.25, 0.3) is 0 Å². The summed E-state index contributed by atoms with van der Waals surface area (Å²) < 4.78 is 0. The number of hydrogen-bond donors (Lipinski definition) is 2. The summed E-state index contributed by atoms with van der Waals surface area (Å²) in [5, 5.41) is 20.3. The molecule has 0 aliphatic carbocycles. The van der Waals surface area contributed by atoms with E-state index >= 15 is 0 Å². The van der Waals surface area contributed by atoms with E-state index in [-0.39, 0.29) is 5.82 Å². The number of nitro groups is 1. The molecule has 17 heavy (non-hydrogen) atoms. The molecule has 0 spiro atoms. The monoisotopic (exact) mass is 233 g/mol. The van der Waals surface area contributed by atoms with Crippen molar-refractivity contribution in [1.29, 1.82) is 0 Å². The summed E-state index contributed by atoms with van der Waals surface area (Å²) in [7, 11) is 0. The number of aryl methyl sites for hydroxylation is 1. The molecule has 0 saturated carbocycles. The van der Waals surface area contributed by atoms with E-state index in [2.05, 4.69) is 20.5 Å². The Bertz CT molecular complexity index is 520. The Morgan fingerprint density at radius 1 is 1.47 bits per heavy atom. The van der Waals surface area contributed by atoms with Gasteiger partial charge in [0.15, 0.2) is 6.20 Å². The lowest BCUT2D eigenvalue weighted by Gasteiger charge is -2.03. The molecular formula is C10H11N5O2. The van der Waals surface area contributed by atoms with E-state index in [1.165, 1.54) is 12.3 Å². The lowest BCUT2D eigenvalue weighted by molar-refractivity contribution is -0.389. The first-order valence-electron chi connectivity index (χ1n) is 5.00. The van der Waals surface area contributed by atoms with Gasteiger partial charge in [-0.05, 0) is 22.9 Å². The normalized spacial score (nSPS) is 10.2. The Labute approximate surface area is 97.0 Å². The number of rotatable bonds is 4. The van der Waals surface area contributed by atoms with Gasteiger partial charge >= 0.3 is 5.82 Å². The zero-order valence-electron chi connectivity index (χ0n) is 9.17. The van der Waals surface area contributed by atoms with Crippen LogP contribution in [0.25, 0.3) is 0 Å². The van der Waals surface area contributed by atoms with Crippen LogP contribution >= 0.6 is 0 Å². The molecule has 7 nitrogen and oxygen atoms in total. The highest BCUT2D eigenvalue weighted by molar-refractivity contribution is 5.44. The zero-order chi connectivity index (χ0) is 12.3. The summed E-state index contributed by atoms with van der Waals surface area (Å²) in [6.45, 7) is 2.53. The number of aromatic amines is 1. The molecule has 0 saturated heterocycles. The molecular weight excluding hydrogens is 222 g/mol. The van der Waals surface area contributed by atoms with Crippen LogP contribution in [0.15, 0.2) is 24.5 Å². The topological polar surface area (TPSA) is 96.7 Å². The van der Waals surface area contributed by atoms with E-state index < -0.39 is 4.92 Å². The van der Waals surface area contributed by atoms with Gasteiger partial charge in [-0.3, -0.25) is 5.10 Å². The molecule has 0 amide bonds. The third kappa shape index (κ3) is 2.57. The van der Waals surface area contributed by atoms with Crippen LogP contribution in [0.4, 0.5) is 11.5 Å². The molecule has 7 heteroatoms. The van der Waals surface area contributed by atoms with Crippen LogP contribution in [0, 0.1) is 17.0 Å². The quantitative estimate of drug-likeness (QED) is 0.618. The van der Waals surface area contributed by atoms with Gasteiger partial charge in [0.1, 0.15) is 0 Å². The molecule has 0 aliphatic rings. The second kappa shape index (κ2) is 4.60. The Balaban J connectivity index is 2.00. The first kappa shape index (κ1) is 11.1. The van der Waals surface area contributed by atoms with Crippen molar-refractivity contribution in [3.63, 3.8) is 0 Å². The minimum absolute atomic E-state index is 0.157. The fraction of sp³-hybridized carbons (Fsp3) is 0.200. The van der Waals surface area contributed by atoms with E-state index in [0.29, 0.717) is 6.54 Å². The predicted octanol–water partition coefficient (Wildman–Crippen LogP) is 1.63. The maximum absolute atomic E-state index is 10.4. The van der Waals surface area contributed by atoms with Gasteiger partial charge in [-0.2, -0.15) is 5.10 Å². The van der Waals surface area contributed by atoms with Crippen molar-refractivity contribution in [3.05, 3.63) is 45.9 Å². The molecule has 2 rings (SSSR count). The van der Waals surface area contributed by atoms with Crippen molar-refractivity contribution >= 4 is 11.5 Å². The number of nitrogens with one attached hydrogen (secondary N) is 2. The Morgan fingerprint density at radius 2 is 2.29 bits per heavy atom. The number of anilines is 1. The van der Waals surface area contributed by atoms with E-state index in [4.69, 9.17) is 0 Å². The first-order valence-corrected chi connectivity index (χ1v) is 5.00. The smallest absolute Gasteiger partial charge is 0.363 e. The fourth-order valence-electron chi connectivity index (χ4n) is 1.35. The van der Waals surface area contributed by atoms with Crippen molar-refractivity contribution in [3.8, 4) is 0 Å². The highest BCUT2D eigenvalue weighted by atomic mass is 16.6. The summed E-state index contributed by atoms with van der Waals surface area (Å²) in [6.07, 6.45) is 3.18. The number of pyridine rings is 1. The third-order valence-corrected chi connectivity index (χ3v) is 2.35. The molecule has 2 N–H and O–H groups in total. The lowest BCUT2D eigenvalue weighted by Crippen LogP contribution is -2.01. The summed E-state index contributed by atoms with van der Waals surface area (Å²) in [5.41, 5.74) is 2.77. The molecule has 2 aromatic heterocycles. The number of hydrogen-bond acceptors (Lipinski definition) is 5. The average Bonchev–Trinajstić information content (AvgIpc) is 2.73. The fourth-order valence-corrected chi connectivity index (χ4v) is 1.35. The third-order valence-electron chi connectivity index (χ3n) is 2.35. The van der Waals surface area contributed by atoms with Crippen molar-refractivity contribution in [2.45, 2.75) is 13.5 Å². The summed E-state index contributed by atoms with van der Waals surface area (Å²) >= 11 is 0.